The molecule has 118 valence electrons. The first-order valence-corrected chi connectivity index (χ1v) is 8.06. The zero-order valence-corrected chi connectivity index (χ0v) is 12.8. The highest BCUT2D eigenvalue weighted by Crippen LogP contribution is 2.21. The maximum atomic E-state index is 12.1. The molecule has 5 heteroatoms. The van der Waals surface area contributed by atoms with Crippen LogP contribution in [0.4, 0.5) is 0 Å². The van der Waals surface area contributed by atoms with Crippen LogP contribution in [0, 0.1) is 0 Å². The molecular weight excluding hydrogens is 280 g/mol. The molecule has 1 saturated heterocycles. The van der Waals surface area contributed by atoms with Gasteiger partial charge in [0.1, 0.15) is 5.75 Å². The summed E-state index contributed by atoms with van der Waals surface area (Å²) < 4.78 is 5.64. The first-order valence-electron chi connectivity index (χ1n) is 8.06. The van der Waals surface area contributed by atoms with Gasteiger partial charge in [0, 0.05) is 25.2 Å². The first-order chi connectivity index (χ1) is 10.7. The van der Waals surface area contributed by atoms with E-state index in [1.807, 2.05) is 11.0 Å². The highest BCUT2D eigenvalue weighted by atomic mass is 16.5. The number of carbonyl (C=O) groups excluding carboxylic acids is 2. The monoisotopic (exact) mass is 302 g/mol. The quantitative estimate of drug-likeness (QED) is 0.925. The third kappa shape index (κ3) is 3.40. The fourth-order valence-corrected chi connectivity index (χ4v) is 3.04. The summed E-state index contributed by atoms with van der Waals surface area (Å²) in [5.74, 6) is 0.689. The Kier molecular flexibility index (Phi) is 4.61. The zero-order valence-electron chi connectivity index (χ0n) is 12.8. The van der Waals surface area contributed by atoms with Gasteiger partial charge >= 0.3 is 0 Å². The van der Waals surface area contributed by atoms with Crippen LogP contribution in [-0.4, -0.2) is 43.0 Å². The van der Waals surface area contributed by atoms with Crippen LogP contribution >= 0.6 is 0 Å². The standard InChI is InChI=1S/C17H22N2O3/c20-16(19-9-2-1-3-10-19)12-22-14-6-7-15-13(11-14)5-4-8-18-17(15)21/h6-7,11H,1-5,8-10,12H2,(H,18,21). The number of hydrogen-bond donors (Lipinski definition) is 1. The summed E-state index contributed by atoms with van der Waals surface area (Å²) in [7, 11) is 0. The normalized spacial score (nSPS) is 18.2. The minimum atomic E-state index is -0.0246. The van der Waals surface area contributed by atoms with Crippen molar-refractivity contribution < 1.29 is 14.3 Å². The molecule has 0 atom stereocenters. The molecule has 0 unspecified atom stereocenters. The lowest BCUT2D eigenvalue weighted by atomic mass is 10.0. The van der Waals surface area contributed by atoms with Gasteiger partial charge in [-0.25, -0.2) is 0 Å². The van der Waals surface area contributed by atoms with Gasteiger partial charge in [-0.15, -0.1) is 0 Å². The molecule has 1 aromatic carbocycles. The van der Waals surface area contributed by atoms with E-state index in [1.54, 1.807) is 12.1 Å². The van der Waals surface area contributed by atoms with Crippen LogP contribution in [0.5, 0.6) is 5.75 Å². The van der Waals surface area contributed by atoms with Crippen LogP contribution in [0.15, 0.2) is 18.2 Å². The molecule has 2 heterocycles. The molecular formula is C17H22N2O3. The van der Waals surface area contributed by atoms with Crippen LogP contribution in [0.25, 0.3) is 0 Å². The summed E-state index contributed by atoms with van der Waals surface area (Å²) in [5, 5.41) is 2.87. The number of nitrogens with zero attached hydrogens (tertiary/aromatic N) is 1. The summed E-state index contributed by atoms with van der Waals surface area (Å²) in [4.78, 5) is 25.9. The van der Waals surface area contributed by atoms with Crippen molar-refractivity contribution in [1.29, 1.82) is 0 Å². The molecule has 5 nitrogen and oxygen atoms in total. The van der Waals surface area contributed by atoms with Crippen LogP contribution in [0.3, 0.4) is 0 Å². The Balaban J connectivity index is 1.62. The lowest BCUT2D eigenvalue weighted by Gasteiger charge is -2.26. The molecule has 0 spiro atoms. The number of fused-ring (bicyclic) bond motifs is 1. The van der Waals surface area contributed by atoms with Gasteiger partial charge in [0.2, 0.25) is 0 Å². The number of piperidine rings is 1. The summed E-state index contributed by atoms with van der Waals surface area (Å²) in [6.45, 7) is 2.46. The number of amides is 2. The average Bonchev–Trinajstić information content (AvgIpc) is 2.75. The Morgan fingerprint density at radius 1 is 1.18 bits per heavy atom. The van der Waals surface area contributed by atoms with E-state index in [0.717, 1.165) is 44.3 Å². The van der Waals surface area contributed by atoms with Crippen molar-refractivity contribution in [1.82, 2.24) is 10.2 Å². The minimum Gasteiger partial charge on any atom is -0.484 e. The molecule has 2 aliphatic heterocycles. The van der Waals surface area contributed by atoms with Gasteiger partial charge < -0.3 is 15.0 Å². The second-order valence-electron chi connectivity index (χ2n) is 5.91. The molecule has 3 rings (SSSR count). The Labute approximate surface area is 130 Å². The van der Waals surface area contributed by atoms with Crippen LogP contribution in [0.1, 0.15) is 41.6 Å². The SMILES string of the molecule is O=C1NCCCc2cc(OCC(=O)N3CCCCC3)ccc21. The van der Waals surface area contributed by atoms with Crippen LogP contribution in [-0.2, 0) is 11.2 Å². The van der Waals surface area contributed by atoms with E-state index in [1.165, 1.54) is 6.42 Å². The number of ether oxygens (including phenoxy) is 1. The van der Waals surface area contributed by atoms with Crippen molar-refractivity contribution in [3.05, 3.63) is 29.3 Å². The Morgan fingerprint density at radius 2 is 2.00 bits per heavy atom. The average molecular weight is 302 g/mol. The number of benzene rings is 1. The van der Waals surface area contributed by atoms with Crippen LogP contribution in [0.2, 0.25) is 0 Å². The van der Waals surface area contributed by atoms with E-state index in [-0.39, 0.29) is 18.4 Å². The van der Waals surface area contributed by atoms with Gasteiger partial charge in [-0.3, -0.25) is 9.59 Å². The van der Waals surface area contributed by atoms with E-state index in [2.05, 4.69) is 5.32 Å². The van der Waals surface area contributed by atoms with E-state index in [0.29, 0.717) is 17.9 Å². The number of hydrogen-bond acceptors (Lipinski definition) is 3. The van der Waals surface area contributed by atoms with Gasteiger partial charge in [-0.2, -0.15) is 0 Å². The molecule has 2 aliphatic rings. The predicted molar refractivity (Wildman–Crippen MR) is 83.0 cm³/mol. The van der Waals surface area contributed by atoms with Crippen molar-refractivity contribution in [2.45, 2.75) is 32.1 Å². The fraction of sp³-hybridized carbons (Fsp3) is 0.529. The molecule has 0 aliphatic carbocycles. The van der Waals surface area contributed by atoms with E-state index < -0.39 is 0 Å². The van der Waals surface area contributed by atoms with E-state index in [4.69, 9.17) is 4.74 Å². The fourth-order valence-electron chi connectivity index (χ4n) is 3.04. The minimum absolute atomic E-state index is 0.0246. The number of rotatable bonds is 3. The lowest BCUT2D eigenvalue weighted by molar-refractivity contribution is -0.134. The Hall–Kier alpha value is -2.04. The van der Waals surface area contributed by atoms with Gasteiger partial charge in [-0.05, 0) is 55.9 Å². The topological polar surface area (TPSA) is 58.6 Å². The molecule has 1 fully saturated rings. The molecule has 0 bridgehead atoms. The van der Waals surface area contributed by atoms with Crippen molar-refractivity contribution >= 4 is 11.8 Å². The maximum absolute atomic E-state index is 12.1. The van der Waals surface area contributed by atoms with Crippen molar-refractivity contribution in [2.75, 3.05) is 26.2 Å². The molecule has 0 aromatic heterocycles. The molecule has 0 radical (unpaired) electrons. The molecule has 22 heavy (non-hydrogen) atoms. The zero-order chi connectivity index (χ0) is 15.4. The predicted octanol–water partition coefficient (Wildman–Crippen LogP) is 1.75. The molecule has 1 N–H and O–H groups in total. The molecule has 1 aromatic rings. The largest absolute Gasteiger partial charge is 0.484 e. The van der Waals surface area contributed by atoms with Crippen molar-refractivity contribution in [3.63, 3.8) is 0 Å². The smallest absolute Gasteiger partial charge is 0.260 e. The van der Waals surface area contributed by atoms with Gasteiger partial charge in [0.15, 0.2) is 6.61 Å². The summed E-state index contributed by atoms with van der Waals surface area (Å²) in [6.07, 6.45) is 5.15. The highest BCUT2D eigenvalue weighted by Gasteiger charge is 2.18. The third-order valence-electron chi connectivity index (χ3n) is 4.30. The Bertz CT molecular complexity index is 565. The summed E-state index contributed by atoms with van der Waals surface area (Å²) in [6, 6.07) is 5.45. The summed E-state index contributed by atoms with van der Waals surface area (Å²) in [5.41, 5.74) is 1.71. The third-order valence-corrected chi connectivity index (χ3v) is 4.30. The Morgan fingerprint density at radius 3 is 2.82 bits per heavy atom. The van der Waals surface area contributed by atoms with E-state index >= 15 is 0 Å². The van der Waals surface area contributed by atoms with Gasteiger partial charge in [0.25, 0.3) is 11.8 Å². The second-order valence-corrected chi connectivity index (χ2v) is 5.91. The van der Waals surface area contributed by atoms with Crippen molar-refractivity contribution in [3.8, 4) is 5.75 Å². The number of aryl methyl sites for hydroxylation is 1. The second kappa shape index (κ2) is 6.81. The summed E-state index contributed by atoms with van der Waals surface area (Å²) >= 11 is 0. The van der Waals surface area contributed by atoms with E-state index in [9.17, 15) is 9.59 Å². The number of likely N-dealkylation sites (tertiary alicyclic amines) is 1. The van der Waals surface area contributed by atoms with Crippen LogP contribution < -0.4 is 10.1 Å². The number of carbonyl (C=O) groups is 2. The maximum Gasteiger partial charge on any atom is 0.260 e. The highest BCUT2D eigenvalue weighted by molar-refractivity contribution is 5.96. The van der Waals surface area contributed by atoms with Gasteiger partial charge in [0.05, 0.1) is 0 Å². The number of nitrogens with one attached hydrogen (secondary N) is 1. The van der Waals surface area contributed by atoms with Gasteiger partial charge in [-0.1, -0.05) is 0 Å². The molecule has 2 amide bonds. The van der Waals surface area contributed by atoms with Crippen molar-refractivity contribution in [2.24, 2.45) is 0 Å². The lowest BCUT2D eigenvalue weighted by Crippen LogP contribution is -2.38. The first kappa shape index (κ1) is 14.9. The molecule has 0 saturated carbocycles.